The molecule has 23 heavy (non-hydrogen) atoms. The first-order valence-corrected chi connectivity index (χ1v) is 8.94. The van der Waals surface area contributed by atoms with Crippen LogP contribution in [0.5, 0.6) is 0 Å². The summed E-state index contributed by atoms with van der Waals surface area (Å²) < 4.78 is 0.802. The van der Waals surface area contributed by atoms with Crippen LogP contribution in [0, 0.1) is 0 Å². The van der Waals surface area contributed by atoms with Crippen LogP contribution in [0.4, 0.5) is 5.69 Å². The molecule has 2 aliphatic rings. The van der Waals surface area contributed by atoms with E-state index in [1.165, 1.54) is 24.1 Å². The van der Waals surface area contributed by atoms with Crippen LogP contribution in [0.2, 0.25) is 5.02 Å². The summed E-state index contributed by atoms with van der Waals surface area (Å²) in [5.41, 5.74) is 5.95. The average Bonchev–Trinajstić information content (AvgIpc) is 3.04. The van der Waals surface area contributed by atoms with Crippen LogP contribution in [-0.2, 0) is 11.2 Å². The van der Waals surface area contributed by atoms with E-state index in [-0.39, 0.29) is 5.91 Å². The predicted molar refractivity (Wildman–Crippen MR) is 97.8 cm³/mol. The van der Waals surface area contributed by atoms with Crippen molar-refractivity contribution in [2.24, 2.45) is 0 Å². The number of aryl methyl sites for hydroxylation is 1. The number of rotatable bonds is 1. The molecule has 2 aromatic rings. The van der Waals surface area contributed by atoms with Crippen LogP contribution in [0.15, 0.2) is 22.7 Å². The number of aromatic nitrogens is 1. The minimum Gasteiger partial charge on any atom is -0.359 e. The molecule has 1 aliphatic heterocycles. The standard InChI is InChI=1S/C18H16BrClN2O/c1-9-3-2-4-16-12(9)7-11(21-16)8-14-13-5-10(20)6-15(19)17(13)22-18(14)23/h5-9,21H,2-4H2,1H3,(H,22,23). The molecule has 1 atom stereocenters. The predicted octanol–water partition coefficient (Wildman–Crippen LogP) is 5.36. The molecule has 1 aliphatic carbocycles. The van der Waals surface area contributed by atoms with Crippen LogP contribution < -0.4 is 5.32 Å². The summed E-state index contributed by atoms with van der Waals surface area (Å²) >= 11 is 9.60. The highest BCUT2D eigenvalue weighted by Crippen LogP contribution is 2.41. The first kappa shape index (κ1) is 15.0. The number of fused-ring (bicyclic) bond motifs is 2. The summed E-state index contributed by atoms with van der Waals surface area (Å²) in [5.74, 6) is 0.485. The maximum absolute atomic E-state index is 12.3. The molecular weight excluding hydrogens is 376 g/mol. The van der Waals surface area contributed by atoms with Gasteiger partial charge in [-0.05, 0) is 70.9 Å². The number of benzene rings is 1. The fourth-order valence-corrected chi connectivity index (χ4v) is 4.43. The van der Waals surface area contributed by atoms with Crippen LogP contribution >= 0.6 is 27.5 Å². The summed E-state index contributed by atoms with van der Waals surface area (Å²) in [4.78, 5) is 15.8. The second-order valence-electron chi connectivity index (χ2n) is 6.27. The van der Waals surface area contributed by atoms with E-state index < -0.39 is 0 Å². The van der Waals surface area contributed by atoms with E-state index in [2.05, 4.69) is 39.2 Å². The summed E-state index contributed by atoms with van der Waals surface area (Å²) in [6.07, 6.45) is 5.46. The monoisotopic (exact) mass is 390 g/mol. The zero-order valence-corrected chi connectivity index (χ0v) is 15.0. The number of aromatic amines is 1. The van der Waals surface area contributed by atoms with Gasteiger partial charge in [0, 0.05) is 26.4 Å². The molecule has 1 aromatic heterocycles. The Labute approximate surface area is 148 Å². The lowest BCUT2D eigenvalue weighted by molar-refractivity contribution is -0.110. The maximum Gasteiger partial charge on any atom is 0.256 e. The quantitative estimate of drug-likeness (QED) is 0.631. The molecule has 0 saturated carbocycles. The van der Waals surface area contributed by atoms with Gasteiger partial charge in [0.2, 0.25) is 0 Å². The molecule has 0 fully saturated rings. The SMILES string of the molecule is CC1CCCc2[nH]c(C=C3C(=O)Nc4c(Br)cc(Cl)cc43)cc21. The van der Waals surface area contributed by atoms with E-state index in [1.54, 1.807) is 6.07 Å². The number of nitrogens with one attached hydrogen (secondary N) is 2. The third-order valence-corrected chi connectivity index (χ3v) is 5.52. The Morgan fingerprint density at radius 1 is 1.35 bits per heavy atom. The summed E-state index contributed by atoms with van der Waals surface area (Å²) in [6.45, 7) is 2.26. The third-order valence-electron chi connectivity index (χ3n) is 4.68. The largest absolute Gasteiger partial charge is 0.359 e. The molecule has 1 aromatic carbocycles. The van der Waals surface area contributed by atoms with Gasteiger partial charge in [-0.15, -0.1) is 0 Å². The van der Waals surface area contributed by atoms with Gasteiger partial charge in [-0.2, -0.15) is 0 Å². The second-order valence-corrected chi connectivity index (χ2v) is 7.56. The fraction of sp³-hybridized carbons (Fsp3) is 0.278. The minimum absolute atomic E-state index is 0.0939. The van der Waals surface area contributed by atoms with Crippen LogP contribution in [0.3, 0.4) is 0 Å². The zero-order valence-electron chi connectivity index (χ0n) is 12.7. The number of carbonyl (C=O) groups excluding carboxylic acids is 1. The number of hydrogen-bond acceptors (Lipinski definition) is 1. The van der Waals surface area contributed by atoms with Gasteiger partial charge in [0.15, 0.2) is 0 Å². The van der Waals surface area contributed by atoms with Gasteiger partial charge in [-0.25, -0.2) is 0 Å². The Morgan fingerprint density at radius 2 is 2.17 bits per heavy atom. The summed E-state index contributed by atoms with van der Waals surface area (Å²) in [6, 6.07) is 5.80. The first-order chi connectivity index (χ1) is 11.0. The lowest BCUT2D eigenvalue weighted by atomic mass is 9.88. The Kier molecular flexibility index (Phi) is 3.62. The van der Waals surface area contributed by atoms with Gasteiger partial charge in [0.25, 0.3) is 5.91 Å². The van der Waals surface area contributed by atoms with E-state index in [1.807, 2.05) is 12.1 Å². The highest BCUT2D eigenvalue weighted by atomic mass is 79.9. The van der Waals surface area contributed by atoms with E-state index in [0.29, 0.717) is 16.5 Å². The number of anilines is 1. The lowest BCUT2D eigenvalue weighted by Gasteiger charge is -2.17. The van der Waals surface area contributed by atoms with Gasteiger partial charge >= 0.3 is 0 Å². The highest BCUT2D eigenvalue weighted by molar-refractivity contribution is 9.10. The van der Waals surface area contributed by atoms with Gasteiger partial charge in [-0.1, -0.05) is 18.5 Å². The lowest BCUT2D eigenvalue weighted by Crippen LogP contribution is -2.04. The second kappa shape index (κ2) is 5.53. The van der Waals surface area contributed by atoms with Crippen molar-refractivity contribution in [2.45, 2.75) is 32.1 Å². The van der Waals surface area contributed by atoms with Crippen LogP contribution in [-0.4, -0.2) is 10.9 Å². The van der Waals surface area contributed by atoms with Crippen LogP contribution in [0.25, 0.3) is 11.6 Å². The smallest absolute Gasteiger partial charge is 0.256 e. The van der Waals surface area contributed by atoms with Crippen molar-refractivity contribution in [2.75, 3.05) is 5.32 Å². The molecule has 3 nitrogen and oxygen atoms in total. The average molecular weight is 392 g/mol. The van der Waals surface area contributed by atoms with Crippen molar-refractivity contribution in [3.63, 3.8) is 0 Å². The molecule has 0 spiro atoms. The van der Waals surface area contributed by atoms with Crippen molar-refractivity contribution < 1.29 is 4.79 Å². The number of hydrogen-bond donors (Lipinski definition) is 2. The Bertz CT molecular complexity index is 853. The van der Waals surface area contributed by atoms with Crippen molar-refractivity contribution in [1.82, 2.24) is 4.98 Å². The number of carbonyl (C=O) groups is 1. The zero-order chi connectivity index (χ0) is 16.1. The van der Waals surface area contributed by atoms with Gasteiger partial charge < -0.3 is 10.3 Å². The molecule has 0 saturated heterocycles. The van der Waals surface area contributed by atoms with Crippen molar-refractivity contribution >= 4 is 50.8 Å². The van der Waals surface area contributed by atoms with Crippen LogP contribution in [0.1, 0.15) is 48.2 Å². The van der Waals surface area contributed by atoms with E-state index in [4.69, 9.17) is 11.6 Å². The van der Waals surface area contributed by atoms with Gasteiger partial charge in [0.05, 0.1) is 11.3 Å². The molecule has 4 rings (SSSR count). The Balaban J connectivity index is 1.80. The molecule has 0 radical (unpaired) electrons. The molecule has 2 N–H and O–H groups in total. The Morgan fingerprint density at radius 3 is 2.96 bits per heavy atom. The van der Waals surface area contributed by atoms with Gasteiger partial charge in [0.1, 0.15) is 0 Å². The van der Waals surface area contributed by atoms with E-state index >= 15 is 0 Å². The number of amides is 1. The van der Waals surface area contributed by atoms with Gasteiger partial charge in [-0.3, -0.25) is 4.79 Å². The molecule has 1 unspecified atom stereocenters. The molecule has 0 bridgehead atoms. The number of H-pyrrole nitrogens is 1. The summed E-state index contributed by atoms with van der Waals surface area (Å²) in [7, 11) is 0. The first-order valence-electron chi connectivity index (χ1n) is 7.77. The summed E-state index contributed by atoms with van der Waals surface area (Å²) in [5, 5.41) is 3.52. The fourth-order valence-electron chi connectivity index (χ4n) is 3.52. The molecule has 1 amide bonds. The van der Waals surface area contributed by atoms with E-state index in [9.17, 15) is 4.79 Å². The van der Waals surface area contributed by atoms with Crippen molar-refractivity contribution in [3.8, 4) is 0 Å². The third kappa shape index (κ3) is 2.54. The normalized spacial score (nSPS) is 21.3. The molecule has 118 valence electrons. The maximum atomic E-state index is 12.3. The van der Waals surface area contributed by atoms with Crippen molar-refractivity contribution in [3.05, 3.63) is 50.2 Å². The Hall–Kier alpha value is -1.52. The molecule has 5 heteroatoms. The minimum atomic E-state index is -0.0939. The topological polar surface area (TPSA) is 44.9 Å². The molecule has 2 heterocycles. The molecular formula is C18H16BrClN2O. The number of halogens is 2. The van der Waals surface area contributed by atoms with E-state index in [0.717, 1.165) is 27.8 Å². The van der Waals surface area contributed by atoms with Crippen molar-refractivity contribution in [1.29, 1.82) is 0 Å². The highest BCUT2D eigenvalue weighted by Gasteiger charge is 2.27.